The van der Waals surface area contributed by atoms with Crippen molar-refractivity contribution in [1.82, 2.24) is 15.2 Å². The largest absolute Gasteiger partial charge is 0.352 e. The summed E-state index contributed by atoms with van der Waals surface area (Å²) in [6.45, 7) is 4.75. The molecule has 1 saturated heterocycles. The van der Waals surface area contributed by atoms with E-state index in [0.29, 0.717) is 6.54 Å². The van der Waals surface area contributed by atoms with Crippen LogP contribution in [0.25, 0.3) is 0 Å². The van der Waals surface area contributed by atoms with Gasteiger partial charge in [0.25, 0.3) is 5.91 Å². The standard InChI is InChI=1S/C18H21N3O2S/c1-12-8-17(24-11-12)18(23)21-7-3-4-16(21)15-6-5-14(10-20-15)9-19-13(2)22/h5-6,8,10-11,16H,3-4,7,9H2,1-2H3,(H,19,22). The Morgan fingerprint density at radius 3 is 2.88 bits per heavy atom. The fourth-order valence-electron chi connectivity index (χ4n) is 2.97. The predicted octanol–water partition coefficient (Wildman–Crippen LogP) is 3.06. The lowest BCUT2D eigenvalue weighted by molar-refractivity contribution is -0.119. The first kappa shape index (κ1) is 16.6. The van der Waals surface area contributed by atoms with E-state index < -0.39 is 0 Å². The van der Waals surface area contributed by atoms with Crippen LogP contribution in [0.2, 0.25) is 0 Å². The van der Waals surface area contributed by atoms with Gasteiger partial charge in [-0.2, -0.15) is 0 Å². The molecular weight excluding hydrogens is 322 g/mol. The minimum Gasteiger partial charge on any atom is -0.352 e. The number of aromatic nitrogens is 1. The molecule has 2 aromatic rings. The van der Waals surface area contributed by atoms with Crippen molar-refractivity contribution >= 4 is 23.2 Å². The van der Waals surface area contributed by atoms with Crippen LogP contribution in [0.1, 0.15) is 52.3 Å². The lowest BCUT2D eigenvalue weighted by Gasteiger charge is -2.24. The summed E-state index contributed by atoms with van der Waals surface area (Å²) >= 11 is 1.50. The van der Waals surface area contributed by atoms with E-state index in [1.807, 2.05) is 35.4 Å². The van der Waals surface area contributed by atoms with Gasteiger partial charge in [-0.1, -0.05) is 6.07 Å². The number of rotatable bonds is 4. The van der Waals surface area contributed by atoms with Crippen LogP contribution in [0.15, 0.2) is 29.8 Å². The van der Waals surface area contributed by atoms with Crippen molar-refractivity contribution in [3.05, 3.63) is 51.5 Å². The molecule has 1 atom stereocenters. The number of likely N-dealkylation sites (tertiary alicyclic amines) is 1. The quantitative estimate of drug-likeness (QED) is 0.928. The second-order valence-electron chi connectivity index (χ2n) is 6.15. The van der Waals surface area contributed by atoms with Gasteiger partial charge in [-0.25, -0.2) is 0 Å². The number of hydrogen-bond acceptors (Lipinski definition) is 4. The van der Waals surface area contributed by atoms with Gasteiger partial charge in [-0.3, -0.25) is 14.6 Å². The maximum absolute atomic E-state index is 12.7. The highest BCUT2D eigenvalue weighted by molar-refractivity contribution is 7.12. The van der Waals surface area contributed by atoms with Crippen LogP contribution in [0.3, 0.4) is 0 Å². The van der Waals surface area contributed by atoms with Gasteiger partial charge in [0.15, 0.2) is 0 Å². The molecule has 1 N–H and O–H groups in total. The second kappa shape index (κ2) is 7.13. The third kappa shape index (κ3) is 3.64. The van der Waals surface area contributed by atoms with Crippen molar-refractivity contribution in [1.29, 1.82) is 0 Å². The zero-order valence-corrected chi connectivity index (χ0v) is 14.7. The molecule has 6 heteroatoms. The third-order valence-corrected chi connectivity index (χ3v) is 5.22. The monoisotopic (exact) mass is 343 g/mol. The number of thiophene rings is 1. The van der Waals surface area contributed by atoms with E-state index >= 15 is 0 Å². The Balaban J connectivity index is 1.73. The van der Waals surface area contributed by atoms with E-state index in [1.54, 1.807) is 6.20 Å². The normalized spacial score (nSPS) is 17.1. The number of carbonyl (C=O) groups is 2. The summed E-state index contributed by atoms with van der Waals surface area (Å²) in [5.41, 5.74) is 3.00. The molecule has 2 aromatic heterocycles. The first-order chi connectivity index (χ1) is 11.5. The topological polar surface area (TPSA) is 62.3 Å². The van der Waals surface area contributed by atoms with E-state index in [2.05, 4.69) is 10.3 Å². The van der Waals surface area contributed by atoms with Crippen molar-refractivity contribution in [2.45, 2.75) is 39.3 Å². The zero-order chi connectivity index (χ0) is 17.1. The Hall–Kier alpha value is -2.21. The molecule has 0 bridgehead atoms. The maximum atomic E-state index is 12.7. The van der Waals surface area contributed by atoms with Crippen molar-refractivity contribution in [2.24, 2.45) is 0 Å². The molecule has 3 heterocycles. The number of pyridine rings is 1. The summed E-state index contributed by atoms with van der Waals surface area (Å²) in [4.78, 5) is 31.0. The summed E-state index contributed by atoms with van der Waals surface area (Å²) in [5.74, 6) is 0.0394. The molecule has 5 nitrogen and oxygen atoms in total. The zero-order valence-electron chi connectivity index (χ0n) is 13.9. The number of nitrogens with one attached hydrogen (secondary N) is 1. The lowest BCUT2D eigenvalue weighted by atomic mass is 10.1. The van der Waals surface area contributed by atoms with Crippen LogP contribution in [0.4, 0.5) is 0 Å². The number of aryl methyl sites for hydroxylation is 1. The molecule has 1 unspecified atom stereocenters. The molecular formula is C18H21N3O2S. The Morgan fingerprint density at radius 2 is 2.25 bits per heavy atom. The van der Waals surface area contributed by atoms with Crippen LogP contribution in [-0.4, -0.2) is 28.2 Å². The summed E-state index contributed by atoms with van der Waals surface area (Å²) in [7, 11) is 0. The average molecular weight is 343 g/mol. The molecule has 0 saturated carbocycles. The van der Waals surface area contributed by atoms with Gasteiger partial charge < -0.3 is 10.2 Å². The molecule has 0 radical (unpaired) electrons. The van der Waals surface area contributed by atoms with E-state index in [-0.39, 0.29) is 17.9 Å². The number of amides is 2. The van der Waals surface area contributed by atoms with Crippen molar-refractivity contribution in [3.63, 3.8) is 0 Å². The third-order valence-electron chi connectivity index (χ3n) is 4.19. The van der Waals surface area contributed by atoms with Gasteiger partial charge in [0.1, 0.15) is 0 Å². The Labute approximate surface area is 145 Å². The van der Waals surface area contributed by atoms with Gasteiger partial charge >= 0.3 is 0 Å². The van der Waals surface area contributed by atoms with Gasteiger partial charge in [0.05, 0.1) is 16.6 Å². The maximum Gasteiger partial charge on any atom is 0.264 e. The Morgan fingerprint density at radius 1 is 1.42 bits per heavy atom. The van der Waals surface area contributed by atoms with E-state index in [0.717, 1.165) is 41.1 Å². The average Bonchev–Trinajstić information content (AvgIpc) is 3.22. The molecule has 1 fully saturated rings. The van der Waals surface area contributed by atoms with Gasteiger partial charge in [-0.15, -0.1) is 11.3 Å². The molecule has 0 aromatic carbocycles. The Kier molecular flexibility index (Phi) is 4.94. The number of hydrogen-bond donors (Lipinski definition) is 1. The number of nitrogens with zero attached hydrogens (tertiary/aromatic N) is 2. The van der Waals surface area contributed by atoms with Crippen molar-refractivity contribution in [3.8, 4) is 0 Å². The fraction of sp³-hybridized carbons (Fsp3) is 0.389. The second-order valence-corrected chi connectivity index (χ2v) is 7.06. The van der Waals surface area contributed by atoms with Crippen LogP contribution in [0, 0.1) is 6.92 Å². The highest BCUT2D eigenvalue weighted by atomic mass is 32.1. The highest BCUT2D eigenvalue weighted by Gasteiger charge is 2.31. The first-order valence-electron chi connectivity index (χ1n) is 8.10. The van der Waals surface area contributed by atoms with Crippen molar-refractivity contribution < 1.29 is 9.59 Å². The number of carbonyl (C=O) groups excluding carboxylic acids is 2. The fourth-order valence-corrected chi connectivity index (χ4v) is 3.82. The van der Waals surface area contributed by atoms with E-state index in [9.17, 15) is 9.59 Å². The van der Waals surface area contributed by atoms with E-state index in [1.165, 1.54) is 18.3 Å². The predicted molar refractivity (Wildman–Crippen MR) is 93.8 cm³/mol. The molecule has 0 aliphatic carbocycles. The molecule has 0 spiro atoms. The van der Waals surface area contributed by atoms with Crippen LogP contribution in [0.5, 0.6) is 0 Å². The van der Waals surface area contributed by atoms with Gasteiger partial charge in [0, 0.05) is 26.2 Å². The molecule has 126 valence electrons. The minimum absolute atomic E-state index is 0.0368. The summed E-state index contributed by atoms with van der Waals surface area (Å²) < 4.78 is 0. The molecule has 1 aliphatic rings. The first-order valence-corrected chi connectivity index (χ1v) is 8.98. The molecule has 24 heavy (non-hydrogen) atoms. The SMILES string of the molecule is CC(=O)NCc1ccc(C2CCCN2C(=O)c2cc(C)cs2)nc1. The van der Waals surface area contributed by atoms with Gasteiger partial charge in [0.2, 0.25) is 5.91 Å². The van der Waals surface area contributed by atoms with Crippen LogP contribution >= 0.6 is 11.3 Å². The van der Waals surface area contributed by atoms with Crippen LogP contribution < -0.4 is 5.32 Å². The highest BCUT2D eigenvalue weighted by Crippen LogP contribution is 2.33. The molecule has 1 aliphatic heterocycles. The van der Waals surface area contributed by atoms with E-state index in [4.69, 9.17) is 0 Å². The van der Waals surface area contributed by atoms with Gasteiger partial charge in [-0.05, 0) is 48.4 Å². The summed E-state index contributed by atoms with van der Waals surface area (Å²) in [6.07, 6.45) is 3.71. The minimum atomic E-state index is -0.0575. The Bertz CT molecular complexity index is 739. The smallest absolute Gasteiger partial charge is 0.264 e. The summed E-state index contributed by atoms with van der Waals surface area (Å²) in [5, 5.41) is 4.77. The lowest BCUT2D eigenvalue weighted by Crippen LogP contribution is -2.30. The molecule has 2 amide bonds. The van der Waals surface area contributed by atoms with Crippen LogP contribution in [-0.2, 0) is 11.3 Å². The summed E-state index contributed by atoms with van der Waals surface area (Å²) in [6, 6.07) is 5.92. The molecule has 3 rings (SSSR count). The van der Waals surface area contributed by atoms with Crippen molar-refractivity contribution in [2.75, 3.05) is 6.54 Å².